The first-order valence-corrected chi connectivity index (χ1v) is 2.80. The first-order valence-electron chi connectivity index (χ1n) is 2.80. The molecule has 0 unspecified atom stereocenters. The SMILES string of the molecule is O=C(O)C[n+]1cccnc1.[Ca+2].[H-].[H-]. The van der Waals surface area contributed by atoms with Crippen molar-refractivity contribution in [3.8, 4) is 0 Å². The fraction of sp³-hybridized carbons (Fsp3) is 0.167. The molecule has 0 saturated carbocycles. The van der Waals surface area contributed by atoms with Crippen molar-refractivity contribution in [2.24, 2.45) is 0 Å². The number of aromatic nitrogens is 2. The quantitative estimate of drug-likeness (QED) is 0.485. The molecular weight excluding hydrogens is 172 g/mol. The Morgan fingerprint density at radius 2 is 2.45 bits per heavy atom. The molecular formula is C6H9CaN2O2+. The van der Waals surface area contributed by atoms with Gasteiger partial charge in [0, 0.05) is 6.07 Å². The number of carboxylic acids is 1. The van der Waals surface area contributed by atoms with Gasteiger partial charge in [-0.15, -0.1) is 0 Å². The van der Waals surface area contributed by atoms with Crippen LogP contribution in [0.3, 0.4) is 0 Å². The maximum Gasteiger partial charge on any atom is 2.00 e. The average molecular weight is 181 g/mol. The van der Waals surface area contributed by atoms with Crippen LogP contribution in [0.15, 0.2) is 24.8 Å². The summed E-state index contributed by atoms with van der Waals surface area (Å²) in [6, 6.07) is 1.68. The number of carboxylic acid groups (broad SMARTS) is 1. The van der Waals surface area contributed by atoms with E-state index < -0.39 is 5.97 Å². The molecule has 0 fully saturated rings. The van der Waals surface area contributed by atoms with Crippen LogP contribution in [-0.2, 0) is 11.3 Å². The molecule has 1 aromatic rings. The average Bonchev–Trinajstić information content (AvgIpc) is 1.88. The zero-order valence-electron chi connectivity index (χ0n) is 7.97. The molecule has 1 rings (SSSR count). The summed E-state index contributed by atoms with van der Waals surface area (Å²) in [5, 5.41) is 8.32. The first kappa shape index (κ1) is 10.8. The summed E-state index contributed by atoms with van der Waals surface area (Å²) in [5.41, 5.74) is 0. The second-order valence-electron chi connectivity index (χ2n) is 1.82. The Morgan fingerprint density at radius 3 is 2.91 bits per heavy atom. The van der Waals surface area contributed by atoms with Crippen LogP contribution in [0.25, 0.3) is 0 Å². The monoisotopic (exact) mass is 181 g/mol. The molecule has 0 aliphatic carbocycles. The van der Waals surface area contributed by atoms with Gasteiger partial charge < -0.3 is 7.96 Å². The van der Waals surface area contributed by atoms with E-state index in [1.807, 2.05) is 0 Å². The molecule has 5 heteroatoms. The summed E-state index contributed by atoms with van der Waals surface area (Å²) in [6.07, 6.45) is 4.72. The summed E-state index contributed by atoms with van der Waals surface area (Å²) >= 11 is 0. The fourth-order valence-electron chi connectivity index (χ4n) is 0.611. The maximum absolute atomic E-state index is 10.1. The molecule has 0 aliphatic rings. The summed E-state index contributed by atoms with van der Waals surface area (Å²) in [6.45, 7) is -0.0339. The minimum atomic E-state index is -0.863. The third-order valence-electron chi connectivity index (χ3n) is 0.982. The molecule has 11 heavy (non-hydrogen) atoms. The van der Waals surface area contributed by atoms with Gasteiger partial charge in [0.25, 0.3) is 6.33 Å². The molecule has 0 aliphatic heterocycles. The molecule has 0 amide bonds. The molecule has 0 radical (unpaired) electrons. The molecule has 1 aromatic heterocycles. The zero-order chi connectivity index (χ0) is 7.40. The number of rotatable bonds is 2. The van der Waals surface area contributed by atoms with Crippen molar-refractivity contribution in [3.05, 3.63) is 24.8 Å². The van der Waals surface area contributed by atoms with Crippen molar-refractivity contribution >= 4 is 43.7 Å². The van der Waals surface area contributed by atoms with Crippen molar-refractivity contribution < 1.29 is 17.3 Å². The molecule has 56 valence electrons. The summed E-state index contributed by atoms with van der Waals surface area (Å²) in [7, 11) is 0. The van der Waals surface area contributed by atoms with E-state index in [2.05, 4.69) is 4.98 Å². The van der Waals surface area contributed by atoms with Crippen LogP contribution in [0.2, 0.25) is 0 Å². The summed E-state index contributed by atoms with van der Waals surface area (Å²) in [4.78, 5) is 13.9. The predicted molar refractivity (Wildman–Crippen MR) is 40.0 cm³/mol. The summed E-state index contributed by atoms with van der Waals surface area (Å²) in [5.74, 6) is -0.863. The van der Waals surface area contributed by atoms with Crippen LogP contribution in [0.5, 0.6) is 0 Å². The van der Waals surface area contributed by atoms with E-state index in [0.717, 1.165) is 0 Å². The van der Waals surface area contributed by atoms with E-state index in [-0.39, 0.29) is 47.1 Å². The number of hydrogen-bond acceptors (Lipinski definition) is 2. The van der Waals surface area contributed by atoms with Crippen molar-refractivity contribution in [3.63, 3.8) is 0 Å². The number of carbonyl (C=O) groups is 1. The molecule has 0 bridgehead atoms. The second-order valence-corrected chi connectivity index (χ2v) is 1.82. The van der Waals surface area contributed by atoms with Crippen LogP contribution in [0.1, 0.15) is 2.85 Å². The van der Waals surface area contributed by atoms with Crippen LogP contribution in [0.4, 0.5) is 0 Å². The van der Waals surface area contributed by atoms with Crippen molar-refractivity contribution in [2.45, 2.75) is 6.54 Å². The van der Waals surface area contributed by atoms with E-state index in [9.17, 15) is 4.79 Å². The smallest absolute Gasteiger partial charge is 1.00 e. The van der Waals surface area contributed by atoms with Gasteiger partial charge in [0.15, 0.2) is 6.54 Å². The Bertz CT molecular complexity index is 235. The van der Waals surface area contributed by atoms with Crippen LogP contribution >= 0.6 is 0 Å². The largest absolute Gasteiger partial charge is 2.00 e. The van der Waals surface area contributed by atoms with Crippen molar-refractivity contribution in [1.29, 1.82) is 0 Å². The van der Waals surface area contributed by atoms with Gasteiger partial charge in [0.1, 0.15) is 6.20 Å². The summed E-state index contributed by atoms with van der Waals surface area (Å²) < 4.78 is 1.49. The number of hydrogen-bond donors (Lipinski definition) is 1. The van der Waals surface area contributed by atoms with Gasteiger partial charge >= 0.3 is 43.7 Å². The van der Waals surface area contributed by atoms with Gasteiger partial charge in [-0.2, -0.15) is 0 Å². The van der Waals surface area contributed by atoms with E-state index in [1.165, 1.54) is 10.9 Å². The molecule has 0 saturated heterocycles. The first-order chi connectivity index (χ1) is 4.79. The van der Waals surface area contributed by atoms with Gasteiger partial charge in [-0.25, -0.2) is 9.36 Å². The number of aliphatic carboxylic acids is 1. The van der Waals surface area contributed by atoms with Gasteiger partial charge in [-0.1, -0.05) is 4.98 Å². The van der Waals surface area contributed by atoms with Crippen LogP contribution < -0.4 is 4.57 Å². The van der Waals surface area contributed by atoms with Crippen LogP contribution in [-0.4, -0.2) is 53.8 Å². The fourth-order valence-corrected chi connectivity index (χ4v) is 0.611. The number of nitrogens with zero attached hydrogens (tertiary/aromatic N) is 2. The maximum atomic E-state index is 10.1. The normalized spacial score (nSPS) is 8.36. The van der Waals surface area contributed by atoms with Gasteiger partial charge in [-0.3, -0.25) is 0 Å². The minimum absolute atomic E-state index is 0. The third-order valence-corrected chi connectivity index (χ3v) is 0.982. The van der Waals surface area contributed by atoms with E-state index in [0.29, 0.717) is 0 Å². The van der Waals surface area contributed by atoms with Gasteiger partial charge in [0.2, 0.25) is 0 Å². The Labute approximate surface area is 96.9 Å². The molecule has 0 atom stereocenters. The van der Waals surface area contributed by atoms with Crippen LogP contribution in [0, 0.1) is 0 Å². The van der Waals surface area contributed by atoms with Gasteiger partial charge in [-0.05, 0) is 0 Å². The minimum Gasteiger partial charge on any atom is -1.00 e. The Hall–Kier alpha value is -0.190. The Morgan fingerprint density at radius 1 is 1.73 bits per heavy atom. The predicted octanol–water partition coefficient (Wildman–Crippen LogP) is -0.702. The second kappa shape index (κ2) is 5.46. The van der Waals surface area contributed by atoms with E-state index in [4.69, 9.17) is 5.11 Å². The van der Waals surface area contributed by atoms with Gasteiger partial charge in [0.05, 0.1) is 6.20 Å². The van der Waals surface area contributed by atoms with E-state index >= 15 is 0 Å². The molecule has 1 heterocycles. The topological polar surface area (TPSA) is 54.1 Å². The van der Waals surface area contributed by atoms with Crippen molar-refractivity contribution in [1.82, 2.24) is 4.98 Å². The molecule has 0 aromatic carbocycles. The Balaban J connectivity index is -0.000000333. The third kappa shape index (κ3) is 4.29. The van der Waals surface area contributed by atoms with Crippen molar-refractivity contribution in [2.75, 3.05) is 0 Å². The standard InChI is InChI=1S/C6H6N2O2.Ca.2H/c9-6(10)4-8-3-1-2-7-5-8;;;/h1-3,5H,4H2;;;/q;+2;2*-1/p+1. The molecule has 1 N–H and O–H groups in total. The molecule has 4 nitrogen and oxygen atoms in total. The zero-order valence-corrected chi connectivity index (χ0v) is 8.18. The Kier molecular flexibility index (Phi) is 5.36. The molecule has 0 spiro atoms. The van der Waals surface area contributed by atoms with E-state index in [1.54, 1.807) is 18.5 Å².